The van der Waals surface area contributed by atoms with E-state index in [4.69, 9.17) is 14.2 Å². The second-order valence-corrected chi connectivity index (χ2v) is 9.31. The lowest BCUT2D eigenvalue weighted by atomic mass is 9.77. The fraction of sp³-hybridized carbons (Fsp3) is 0.600. The number of ether oxygens (including phenoxy) is 3. The molecule has 9 nitrogen and oxygen atoms in total. The Kier molecular flexibility index (Phi) is 6.87. The molecule has 2 saturated heterocycles. The molecule has 34 heavy (non-hydrogen) atoms. The number of carbonyl (C=O) groups is 2. The van der Waals surface area contributed by atoms with Gasteiger partial charge in [0.05, 0.1) is 24.7 Å². The predicted octanol–water partition coefficient (Wildman–Crippen LogP) is 0.496. The summed E-state index contributed by atoms with van der Waals surface area (Å²) >= 11 is 0. The van der Waals surface area contributed by atoms with Gasteiger partial charge < -0.3 is 34.6 Å². The molecule has 3 heterocycles. The first-order valence-electron chi connectivity index (χ1n) is 12.2. The first-order valence-corrected chi connectivity index (χ1v) is 12.2. The van der Waals surface area contributed by atoms with E-state index in [9.17, 15) is 19.8 Å². The molecule has 184 valence electrons. The number of nitrogens with zero attached hydrogens (tertiary/aromatic N) is 1. The van der Waals surface area contributed by atoms with Crippen LogP contribution in [-0.2, 0) is 19.1 Å². The van der Waals surface area contributed by atoms with Crippen molar-refractivity contribution in [3.05, 3.63) is 41.5 Å². The van der Waals surface area contributed by atoms with Crippen LogP contribution < -0.4 is 10.1 Å². The van der Waals surface area contributed by atoms with Crippen LogP contribution >= 0.6 is 0 Å². The number of nitrogens with one attached hydrogen (secondary N) is 1. The Labute approximate surface area is 198 Å². The summed E-state index contributed by atoms with van der Waals surface area (Å²) in [5.74, 6) is -0.391. The SMILES string of the molecule is O=C(NCCO)C1=CC(N(CC2CCCO2)C(=O)C2CCCO2)C(O)C2Oc3ccccc3C12. The number of rotatable bonds is 7. The molecule has 3 N–H and O–H groups in total. The van der Waals surface area contributed by atoms with E-state index in [2.05, 4.69) is 5.32 Å². The van der Waals surface area contributed by atoms with Crippen molar-refractivity contribution in [3.63, 3.8) is 0 Å². The van der Waals surface area contributed by atoms with Gasteiger partial charge in [0.15, 0.2) is 0 Å². The van der Waals surface area contributed by atoms with Crippen molar-refractivity contribution in [3.8, 4) is 5.75 Å². The zero-order valence-corrected chi connectivity index (χ0v) is 19.1. The molecule has 5 rings (SSSR count). The number of amides is 2. The molecule has 0 spiro atoms. The Morgan fingerprint density at radius 3 is 2.65 bits per heavy atom. The summed E-state index contributed by atoms with van der Waals surface area (Å²) in [6, 6.07) is 6.66. The van der Waals surface area contributed by atoms with Crippen LogP contribution in [0.25, 0.3) is 0 Å². The quantitative estimate of drug-likeness (QED) is 0.529. The van der Waals surface area contributed by atoms with Crippen molar-refractivity contribution in [2.45, 2.75) is 62.1 Å². The summed E-state index contributed by atoms with van der Waals surface area (Å²) < 4.78 is 17.6. The normalized spacial score (nSPS) is 31.9. The van der Waals surface area contributed by atoms with Crippen molar-refractivity contribution >= 4 is 11.8 Å². The van der Waals surface area contributed by atoms with Crippen LogP contribution in [0.1, 0.15) is 37.2 Å². The number of hydrogen-bond acceptors (Lipinski definition) is 7. The fourth-order valence-electron chi connectivity index (χ4n) is 5.51. The van der Waals surface area contributed by atoms with Crippen LogP contribution in [0.2, 0.25) is 0 Å². The third kappa shape index (κ3) is 4.33. The minimum atomic E-state index is -1.04. The van der Waals surface area contributed by atoms with Gasteiger partial charge in [0.25, 0.3) is 5.91 Å². The molecule has 2 fully saturated rings. The molecule has 1 aliphatic carbocycles. The summed E-state index contributed by atoms with van der Waals surface area (Å²) in [5.41, 5.74) is 1.25. The maximum absolute atomic E-state index is 13.6. The maximum Gasteiger partial charge on any atom is 0.252 e. The van der Waals surface area contributed by atoms with Gasteiger partial charge in [-0.2, -0.15) is 0 Å². The van der Waals surface area contributed by atoms with Gasteiger partial charge in [-0.3, -0.25) is 9.59 Å². The molecular weight excluding hydrogens is 440 g/mol. The lowest BCUT2D eigenvalue weighted by Gasteiger charge is -2.42. The molecule has 0 saturated carbocycles. The highest BCUT2D eigenvalue weighted by Gasteiger charge is 2.51. The smallest absolute Gasteiger partial charge is 0.252 e. The average molecular weight is 473 g/mol. The van der Waals surface area contributed by atoms with Gasteiger partial charge in [0, 0.05) is 37.4 Å². The number of aliphatic hydroxyl groups excluding tert-OH is 2. The van der Waals surface area contributed by atoms with Crippen molar-refractivity contribution in [2.75, 3.05) is 32.9 Å². The van der Waals surface area contributed by atoms with E-state index in [1.165, 1.54) is 0 Å². The van der Waals surface area contributed by atoms with Gasteiger partial charge in [-0.05, 0) is 37.8 Å². The second kappa shape index (κ2) is 10.0. The van der Waals surface area contributed by atoms with E-state index in [1.54, 1.807) is 11.0 Å². The highest BCUT2D eigenvalue weighted by atomic mass is 16.5. The van der Waals surface area contributed by atoms with Gasteiger partial charge in [-0.15, -0.1) is 0 Å². The number of benzene rings is 1. The first-order chi connectivity index (χ1) is 16.6. The Balaban J connectivity index is 1.51. The molecule has 9 heteroatoms. The topological polar surface area (TPSA) is 118 Å². The standard InChI is InChI=1S/C25H32N2O7/c28-10-9-26-24(30)17-13-18(22(29)23-21(17)16-6-1-2-7-19(16)34-23)27(14-15-5-3-11-32-15)25(31)20-8-4-12-33-20/h1-2,6-7,13,15,18,20-23,28-29H,3-5,8-12,14H2,(H,26,30). The summed E-state index contributed by atoms with van der Waals surface area (Å²) in [4.78, 5) is 28.4. The molecule has 1 aromatic rings. The van der Waals surface area contributed by atoms with E-state index < -0.39 is 30.3 Å². The number of hydrogen-bond donors (Lipinski definition) is 3. The molecule has 0 bridgehead atoms. The Hall–Kier alpha value is -2.46. The van der Waals surface area contributed by atoms with Crippen molar-refractivity contribution < 1.29 is 34.0 Å². The molecule has 3 aliphatic heterocycles. The van der Waals surface area contributed by atoms with E-state index in [1.807, 2.05) is 24.3 Å². The van der Waals surface area contributed by atoms with E-state index in [-0.39, 0.29) is 31.1 Å². The van der Waals surface area contributed by atoms with Gasteiger partial charge in [0.2, 0.25) is 5.91 Å². The third-order valence-electron chi connectivity index (χ3n) is 7.15. The summed E-state index contributed by atoms with van der Waals surface area (Å²) in [6.45, 7) is 1.41. The first kappa shape index (κ1) is 23.3. The maximum atomic E-state index is 13.6. The number of fused-ring (bicyclic) bond motifs is 3. The van der Waals surface area contributed by atoms with Crippen LogP contribution in [0.3, 0.4) is 0 Å². The van der Waals surface area contributed by atoms with Gasteiger partial charge in [0.1, 0.15) is 24.1 Å². The van der Waals surface area contributed by atoms with E-state index in [0.717, 1.165) is 24.8 Å². The fourth-order valence-corrected chi connectivity index (χ4v) is 5.51. The molecule has 2 amide bonds. The van der Waals surface area contributed by atoms with Crippen LogP contribution in [0.4, 0.5) is 0 Å². The lowest BCUT2D eigenvalue weighted by molar-refractivity contribution is -0.148. The predicted molar refractivity (Wildman–Crippen MR) is 121 cm³/mol. The third-order valence-corrected chi connectivity index (χ3v) is 7.15. The Morgan fingerprint density at radius 2 is 1.91 bits per heavy atom. The average Bonchev–Trinajstić information content (AvgIpc) is 3.62. The number of carbonyl (C=O) groups excluding carboxylic acids is 2. The molecule has 6 unspecified atom stereocenters. The molecule has 4 aliphatic rings. The molecule has 0 radical (unpaired) electrons. The second-order valence-electron chi connectivity index (χ2n) is 9.31. The minimum Gasteiger partial charge on any atom is -0.486 e. The molecular formula is C25H32N2O7. The monoisotopic (exact) mass is 472 g/mol. The Morgan fingerprint density at radius 1 is 1.12 bits per heavy atom. The van der Waals surface area contributed by atoms with Crippen LogP contribution in [0.5, 0.6) is 5.75 Å². The van der Waals surface area contributed by atoms with Crippen LogP contribution in [0, 0.1) is 0 Å². The summed E-state index contributed by atoms with van der Waals surface area (Å²) in [6.07, 6.45) is 2.45. The Bertz CT molecular complexity index is 939. The van der Waals surface area contributed by atoms with Crippen molar-refractivity contribution in [1.29, 1.82) is 0 Å². The molecule has 6 atom stereocenters. The van der Waals surface area contributed by atoms with Gasteiger partial charge >= 0.3 is 0 Å². The summed E-state index contributed by atoms with van der Waals surface area (Å²) in [7, 11) is 0. The van der Waals surface area contributed by atoms with E-state index in [0.29, 0.717) is 37.5 Å². The number of para-hydroxylation sites is 1. The van der Waals surface area contributed by atoms with Gasteiger partial charge in [-0.25, -0.2) is 0 Å². The zero-order valence-electron chi connectivity index (χ0n) is 19.1. The molecule has 1 aromatic carbocycles. The highest BCUT2D eigenvalue weighted by molar-refractivity contribution is 5.96. The molecule has 0 aromatic heterocycles. The van der Waals surface area contributed by atoms with Crippen LogP contribution in [-0.4, -0.2) is 90.3 Å². The summed E-state index contributed by atoms with van der Waals surface area (Å²) in [5, 5.41) is 23.5. The number of aliphatic hydroxyl groups is 2. The lowest BCUT2D eigenvalue weighted by Crippen LogP contribution is -2.58. The van der Waals surface area contributed by atoms with Crippen LogP contribution in [0.15, 0.2) is 35.9 Å². The minimum absolute atomic E-state index is 0.109. The van der Waals surface area contributed by atoms with E-state index >= 15 is 0 Å². The largest absolute Gasteiger partial charge is 0.486 e. The zero-order chi connectivity index (χ0) is 23.7. The van der Waals surface area contributed by atoms with Gasteiger partial charge in [-0.1, -0.05) is 18.2 Å². The van der Waals surface area contributed by atoms with Crippen molar-refractivity contribution in [2.24, 2.45) is 0 Å². The highest BCUT2D eigenvalue weighted by Crippen LogP contribution is 2.47. The van der Waals surface area contributed by atoms with Crippen molar-refractivity contribution in [1.82, 2.24) is 10.2 Å².